The van der Waals surface area contributed by atoms with Crippen LogP contribution in [0, 0.1) is 5.41 Å². The van der Waals surface area contributed by atoms with Crippen LogP contribution < -0.4 is 9.47 Å². The summed E-state index contributed by atoms with van der Waals surface area (Å²) in [5.74, 6) is -1.21. The van der Waals surface area contributed by atoms with Crippen LogP contribution >= 0.6 is 0 Å². The van der Waals surface area contributed by atoms with Crippen molar-refractivity contribution in [2.24, 2.45) is 5.41 Å². The Morgan fingerprint density at radius 3 is 2.38 bits per heavy atom. The molecule has 1 atom stereocenters. The van der Waals surface area contributed by atoms with Crippen LogP contribution in [0.15, 0.2) is 77.9 Å². The summed E-state index contributed by atoms with van der Waals surface area (Å²) < 4.78 is 24.0. The number of rotatable bonds is 10. The molecule has 6 heteroatoms. The predicted molar refractivity (Wildman–Crippen MR) is 155 cm³/mol. The Kier molecular flexibility index (Phi) is 7.42. The summed E-state index contributed by atoms with van der Waals surface area (Å²) in [5.41, 5.74) is 4.06. The van der Waals surface area contributed by atoms with E-state index in [0.717, 1.165) is 35.1 Å². The summed E-state index contributed by atoms with van der Waals surface area (Å²) in [7, 11) is 4.67. The van der Waals surface area contributed by atoms with Crippen molar-refractivity contribution < 1.29 is 28.5 Å². The van der Waals surface area contributed by atoms with E-state index in [-0.39, 0.29) is 29.3 Å². The van der Waals surface area contributed by atoms with Gasteiger partial charge in [-0.15, -0.1) is 0 Å². The van der Waals surface area contributed by atoms with Crippen molar-refractivity contribution in [1.82, 2.24) is 0 Å². The van der Waals surface area contributed by atoms with E-state index >= 15 is 0 Å². The summed E-state index contributed by atoms with van der Waals surface area (Å²) in [6, 6.07) is 11.6. The summed E-state index contributed by atoms with van der Waals surface area (Å²) in [5, 5.41) is 0. The summed E-state index contributed by atoms with van der Waals surface area (Å²) in [4.78, 5) is 27.7. The highest BCUT2D eigenvalue weighted by atomic mass is 16.7. The van der Waals surface area contributed by atoms with E-state index < -0.39 is 11.6 Å². The lowest BCUT2D eigenvalue weighted by atomic mass is 9.72. The Labute approximate surface area is 236 Å². The molecule has 3 aliphatic rings. The molecule has 208 valence electrons. The van der Waals surface area contributed by atoms with Gasteiger partial charge in [0.25, 0.3) is 0 Å². The maximum Gasteiger partial charge on any atom is 0.216 e. The number of fused-ring (bicyclic) bond motifs is 1. The number of ether oxygens (including phenoxy) is 4. The zero-order chi connectivity index (χ0) is 28.7. The minimum Gasteiger partial charge on any atom is -0.496 e. The van der Waals surface area contributed by atoms with E-state index in [1.54, 1.807) is 19.3 Å². The van der Waals surface area contributed by atoms with Crippen molar-refractivity contribution in [2.45, 2.75) is 51.9 Å². The lowest BCUT2D eigenvalue weighted by Crippen LogP contribution is -2.41. The second-order valence-corrected chi connectivity index (χ2v) is 11.0. The Bertz CT molecular complexity index is 1470. The summed E-state index contributed by atoms with van der Waals surface area (Å²) in [6.45, 7) is 6.74. The Morgan fingerprint density at radius 2 is 1.73 bits per heavy atom. The van der Waals surface area contributed by atoms with Gasteiger partial charge in [-0.1, -0.05) is 62.4 Å². The van der Waals surface area contributed by atoms with E-state index in [9.17, 15) is 9.59 Å². The molecule has 0 heterocycles. The fraction of sp³-hybridized carbons (Fsp3) is 0.353. The predicted octanol–water partition coefficient (Wildman–Crippen LogP) is 6.76. The van der Waals surface area contributed by atoms with Crippen molar-refractivity contribution in [2.75, 3.05) is 21.3 Å². The number of ketones is 2. The number of hydrogen-bond donors (Lipinski definition) is 0. The third-order valence-corrected chi connectivity index (χ3v) is 8.33. The molecule has 2 aromatic carbocycles. The van der Waals surface area contributed by atoms with Gasteiger partial charge in [0.1, 0.15) is 18.1 Å². The molecule has 0 saturated carbocycles. The number of carbonyl (C=O) groups excluding carboxylic acids is 2. The highest BCUT2D eigenvalue weighted by Gasteiger charge is 2.52. The Hall–Kier alpha value is -3.74. The molecule has 0 aliphatic heterocycles. The highest BCUT2D eigenvalue weighted by molar-refractivity contribution is 6.36. The molecule has 2 aromatic rings. The standard InChI is InChI=1S/C34H36O6/c1-7-8-12-16-33(2,3)23-18-22-27-28(23)25(37-4)19-26(40-20-21-13-10-9-11-14-21)30(27)32(36)29-24(35)15-17-34(38-5,39-6)31(22)29/h7-11,13-15,17-19,23H,12,16,20H2,1-6H3/b8-7+. The highest BCUT2D eigenvalue weighted by Crippen LogP contribution is 2.59. The average molecular weight is 541 g/mol. The lowest BCUT2D eigenvalue weighted by Gasteiger charge is -2.37. The van der Waals surface area contributed by atoms with E-state index in [0.29, 0.717) is 22.6 Å². The number of Topliss-reactive ketones (excluding diaryl/α,β-unsaturated/α-hetero) is 1. The first-order valence-electron chi connectivity index (χ1n) is 13.6. The molecule has 0 radical (unpaired) electrons. The van der Waals surface area contributed by atoms with E-state index in [1.807, 2.05) is 37.3 Å². The molecule has 0 spiro atoms. The molecule has 0 saturated heterocycles. The number of carbonyl (C=O) groups is 2. The largest absolute Gasteiger partial charge is 0.496 e. The molecule has 1 unspecified atom stereocenters. The second-order valence-electron chi connectivity index (χ2n) is 11.0. The van der Waals surface area contributed by atoms with Crippen molar-refractivity contribution in [3.8, 4) is 11.5 Å². The maximum absolute atomic E-state index is 14.3. The minimum absolute atomic E-state index is 0.0537. The van der Waals surface area contributed by atoms with Gasteiger partial charge >= 0.3 is 0 Å². The maximum atomic E-state index is 14.3. The SMILES string of the molecule is C/C=C/CCC(C)(C)C1C=C2C3=C(C(=O)C=CC3(OC)OC)C(=O)c3c(OCc4ccccc4)cc(OC)c1c32. The van der Waals surface area contributed by atoms with Crippen LogP contribution in [0.3, 0.4) is 0 Å². The van der Waals surface area contributed by atoms with Crippen LogP contribution in [-0.4, -0.2) is 38.7 Å². The van der Waals surface area contributed by atoms with Crippen LogP contribution in [0.2, 0.25) is 0 Å². The van der Waals surface area contributed by atoms with Crippen LogP contribution in [0.1, 0.15) is 66.6 Å². The molecular weight excluding hydrogens is 504 g/mol. The number of methoxy groups -OCH3 is 3. The molecule has 0 N–H and O–H groups in total. The van der Waals surface area contributed by atoms with E-state index in [2.05, 4.69) is 32.1 Å². The first-order chi connectivity index (χ1) is 19.2. The zero-order valence-corrected chi connectivity index (χ0v) is 24.0. The Morgan fingerprint density at radius 1 is 1.00 bits per heavy atom. The zero-order valence-electron chi connectivity index (χ0n) is 24.0. The van der Waals surface area contributed by atoms with Crippen molar-refractivity contribution in [1.29, 1.82) is 0 Å². The molecule has 0 fully saturated rings. The van der Waals surface area contributed by atoms with E-state index in [4.69, 9.17) is 18.9 Å². The van der Waals surface area contributed by atoms with Gasteiger partial charge < -0.3 is 18.9 Å². The second kappa shape index (κ2) is 10.7. The minimum atomic E-state index is -1.38. The lowest BCUT2D eigenvalue weighted by molar-refractivity contribution is -0.141. The fourth-order valence-corrected chi connectivity index (χ4v) is 6.16. The summed E-state index contributed by atoms with van der Waals surface area (Å²) in [6.07, 6.45) is 11.2. The first-order valence-corrected chi connectivity index (χ1v) is 13.6. The number of allylic oxidation sites excluding steroid dienone is 5. The van der Waals surface area contributed by atoms with Gasteiger partial charge in [0.15, 0.2) is 5.78 Å². The van der Waals surface area contributed by atoms with Gasteiger partial charge in [0.05, 0.1) is 18.2 Å². The van der Waals surface area contributed by atoms with Gasteiger partial charge in [0, 0.05) is 42.9 Å². The fourth-order valence-electron chi connectivity index (χ4n) is 6.16. The molecule has 0 bridgehead atoms. The smallest absolute Gasteiger partial charge is 0.216 e. The molecular formula is C34H36O6. The van der Waals surface area contributed by atoms with Crippen molar-refractivity contribution in [3.63, 3.8) is 0 Å². The average Bonchev–Trinajstić information content (AvgIpc) is 3.37. The molecule has 5 rings (SSSR count). The van der Waals surface area contributed by atoms with Crippen LogP contribution in [0.25, 0.3) is 5.57 Å². The third-order valence-electron chi connectivity index (χ3n) is 8.33. The molecule has 6 nitrogen and oxygen atoms in total. The van der Waals surface area contributed by atoms with E-state index in [1.165, 1.54) is 20.3 Å². The normalized spacial score (nSPS) is 19.1. The Balaban J connectivity index is 1.76. The topological polar surface area (TPSA) is 71.1 Å². The molecule has 0 aromatic heterocycles. The monoisotopic (exact) mass is 540 g/mol. The van der Waals surface area contributed by atoms with Gasteiger partial charge in [-0.2, -0.15) is 0 Å². The molecule has 3 aliphatic carbocycles. The molecule has 0 amide bonds. The van der Waals surface area contributed by atoms with Crippen LogP contribution in [0.5, 0.6) is 11.5 Å². The van der Waals surface area contributed by atoms with Gasteiger partial charge in [-0.3, -0.25) is 9.59 Å². The number of benzene rings is 2. The van der Waals surface area contributed by atoms with Gasteiger partial charge in [0.2, 0.25) is 11.6 Å². The number of hydrogen-bond acceptors (Lipinski definition) is 6. The van der Waals surface area contributed by atoms with Gasteiger partial charge in [-0.25, -0.2) is 0 Å². The van der Waals surface area contributed by atoms with Crippen molar-refractivity contribution >= 4 is 17.1 Å². The quantitative estimate of drug-likeness (QED) is 0.188. The van der Waals surface area contributed by atoms with Gasteiger partial charge in [-0.05, 0) is 48.5 Å². The van der Waals surface area contributed by atoms with Crippen LogP contribution in [0.4, 0.5) is 0 Å². The van der Waals surface area contributed by atoms with Crippen LogP contribution in [-0.2, 0) is 20.9 Å². The summed E-state index contributed by atoms with van der Waals surface area (Å²) >= 11 is 0. The molecule has 40 heavy (non-hydrogen) atoms. The van der Waals surface area contributed by atoms with Crippen molar-refractivity contribution in [3.05, 3.63) is 100 Å². The first kappa shape index (κ1) is 27.8. The third kappa shape index (κ3) is 4.36.